The van der Waals surface area contributed by atoms with E-state index in [-0.39, 0.29) is 0 Å². The maximum atomic E-state index is 6.53. The first kappa shape index (κ1) is 65.5. The average Bonchev–Trinajstić information content (AvgIpc) is 1.60. The van der Waals surface area contributed by atoms with Gasteiger partial charge in [0.25, 0.3) is 5.82 Å². The third kappa shape index (κ3) is 10.8. The number of imidazole rings is 1. The van der Waals surface area contributed by atoms with Crippen LogP contribution in [-0.4, -0.2) is 39.5 Å². The van der Waals surface area contributed by atoms with Gasteiger partial charge in [-0.3, -0.25) is 4.98 Å². The number of pyridine rings is 4. The Morgan fingerprint density at radius 1 is 0.318 bits per heavy atom. The van der Waals surface area contributed by atoms with E-state index in [1.54, 1.807) is 18.6 Å². The second-order valence-electron chi connectivity index (χ2n) is 27.8. The molecule has 0 aliphatic rings. The first-order valence-corrected chi connectivity index (χ1v) is 35.3. The first-order chi connectivity index (χ1) is 51.8. The minimum atomic E-state index is 0.612. The molecule has 0 unspecified atom stereocenters. The predicted octanol–water partition coefficient (Wildman–Crippen LogP) is 18.9. The van der Waals surface area contributed by atoms with Crippen molar-refractivity contribution in [2.75, 3.05) is 0 Å². The lowest BCUT2D eigenvalue weighted by molar-refractivity contribution is -0.663. The van der Waals surface area contributed by atoms with Gasteiger partial charge >= 0.3 is 11.6 Å². The van der Waals surface area contributed by atoms with Crippen molar-refractivity contribution in [2.24, 2.45) is 28.2 Å². The van der Waals surface area contributed by atoms with Gasteiger partial charge in [0.1, 0.15) is 59.8 Å². The van der Waals surface area contributed by atoms with Crippen LogP contribution in [0.15, 0.2) is 219 Å². The van der Waals surface area contributed by atoms with Gasteiger partial charge in [-0.25, -0.2) is 33.6 Å². The van der Waals surface area contributed by atoms with E-state index in [0.717, 1.165) is 201 Å². The SMILES string of the molecule is Cc1ccc2c(n1)oc1c3cc(C)c(-c4cncc[n+]4C)cc3oc21.Cc1ccc2c(n1)oc1c3cc(C)c(-c4nccc[n+]4C)cc3oc21.Cc1ccc2c(n1)oc1c3ccc(C)c(-c4n(-c5c(C)cccc5C)cc[n+]4C)c3oc21.Cc1ccc2c(n1)oc1c3ccc(C)c(-c4nccc[n+]4C)c3oc21. The summed E-state index contributed by atoms with van der Waals surface area (Å²) in [5.41, 5.74) is 28.8. The Balaban J connectivity index is 0.000000101. The minimum absolute atomic E-state index is 0.612. The molecule has 0 saturated carbocycles. The normalized spacial score (nSPS) is 11.8. The number of furan rings is 8. The summed E-state index contributed by atoms with van der Waals surface area (Å²) in [5.74, 6) is 2.83. The van der Waals surface area contributed by atoms with E-state index in [9.17, 15) is 0 Å². The van der Waals surface area contributed by atoms with Gasteiger partial charge in [0.2, 0.25) is 28.5 Å². The van der Waals surface area contributed by atoms with Gasteiger partial charge < -0.3 is 35.3 Å². The molecule has 21 rings (SSSR count). The van der Waals surface area contributed by atoms with Crippen LogP contribution in [0.2, 0.25) is 0 Å². The molecule has 5 aromatic carbocycles. The highest BCUT2D eigenvalue weighted by atomic mass is 16.4. The summed E-state index contributed by atoms with van der Waals surface area (Å²) < 4.78 is 59.7. The number of fused-ring (bicyclic) bond motifs is 20. The highest BCUT2D eigenvalue weighted by Gasteiger charge is 2.31. The second kappa shape index (κ2) is 25.1. The monoisotopic (exact) mass is 1410 g/mol. The van der Waals surface area contributed by atoms with E-state index in [2.05, 4.69) is 164 Å². The summed E-state index contributed by atoms with van der Waals surface area (Å²) in [7, 11) is 8.06. The lowest BCUT2D eigenvalue weighted by Gasteiger charge is -2.10. The lowest BCUT2D eigenvalue weighted by atomic mass is 10.0. The van der Waals surface area contributed by atoms with Gasteiger partial charge in [-0.2, -0.15) is 9.13 Å². The van der Waals surface area contributed by atoms with Crippen molar-refractivity contribution in [1.29, 1.82) is 0 Å². The Morgan fingerprint density at radius 3 is 1.22 bits per heavy atom. The van der Waals surface area contributed by atoms with E-state index < -0.39 is 0 Å². The largest absolute Gasteiger partial charge is 0.452 e. The molecule has 0 atom stereocenters. The molecule has 0 aliphatic carbocycles. The maximum absolute atomic E-state index is 6.53. The van der Waals surface area contributed by atoms with Gasteiger partial charge in [0.15, 0.2) is 62.0 Å². The van der Waals surface area contributed by atoms with Crippen LogP contribution in [0.5, 0.6) is 0 Å². The molecule has 20 nitrogen and oxygen atoms in total. The Labute approximate surface area is 610 Å². The molecule has 0 N–H and O–H groups in total. The van der Waals surface area contributed by atoms with E-state index in [1.807, 2.05) is 156 Å². The van der Waals surface area contributed by atoms with Gasteiger partial charge in [-0.1, -0.05) is 30.3 Å². The molecule has 20 heteroatoms. The number of para-hydroxylation sites is 1. The molecule has 0 radical (unpaired) electrons. The van der Waals surface area contributed by atoms with Crippen LogP contribution in [0.25, 0.3) is 184 Å². The van der Waals surface area contributed by atoms with Crippen molar-refractivity contribution in [3.63, 3.8) is 0 Å². The van der Waals surface area contributed by atoms with Crippen LogP contribution in [0.4, 0.5) is 0 Å². The van der Waals surface area contributed by atoms with E-state index in [1.165, 1.54) is 16.8 Å². The molecule has 0 bridgehead atoms. The minimum Gasteiger partial charge on any atom is -0.452 e. The smallest absolute Gasteiger partial charge is 0.334 e. The number of hydrogen-bond donors (Lipinski definition) is 0. The van der Waals surface area contributed by atoms with Crippen LogP contribution >= 0.6 is 0 Å². The van der Waals surface area contributed by atoms with Crippen LogP contribution in [0, 0.1) is 69.2 Å². The number of rotatable bonds is 5. The van der Waals surface area contributed by atoms with Crippen LogP contribution in [0.3, 0.4) is 0 Å². The summed E-state index contributed by atoms with van der Waals surface area (Å²) >= 11 is 0. The molecular weight excluding hydrogens is 1340 g/mol. The summed E-state index contributed by atoms with van der Waals surface area (Å²) in [6.45, 7) is 20.5. The van der Waals surface area contributed by atoms with Crippen molar-refractivity contribution < 1.29 is 53.6 Å². The van der Waals surface area contributed by atoms with Crippen LogP contribution < -0.4 is 18.3 Å². The molecule has 16 heterocycles. The van der Waals surface area contributed by atoms with E-state index in [0.29, 0.717) is 22.9 Å². The zero-order valence-electron chi connectivity index (χ0n) is 61.5. The van der Waals surface area contributed by atoms with Crippen LogP contribution in [0.1, 0.15) is 56.2 Å². The number of hydrogen-bond acceptors (Lipinski definition) is 15. The Bertz CT molecular complexity index is 7010. The Kier molecular flexibility index (Phi) is 15.4. The standard InChI is InChI=1S/C27H24N3O2.3C20H16N3O2/c1-15-9-11-19-23(31-25-20-12-10-18(4)28-26(20)32-24(19)25)21(15)27-29(5)13-14-30(27)22-16(2)7-6-8-17(22)3;1-11-5-7-13-16(15(11)19-21-9-4-10-23(19)3)24-18-14-8-6-12(2)22-20(14)25-17(13)18;1-11-9-15-16(10-14(11)19-21-7-4-8-23(19)3)24-17-13-6-5-12(2)22-20(13)25-18(15)17;1-11-8-15-17(9-14(11)16-10-21-6-7-23(16)3)24-18-13-5-4-12(2)22-20(13)25-19(15)18/h6-14H,1-5H3;3*4-10H,1-3H3/q4*+1. The highest BCUT2D eigenvalue weighted by Crippen LogP contribution is 2.45. The van der Waals surface area contributed by atoms with Gasteiger partial charge in [0.05, 0.1) is 100 Å². The molecule has 21 aromatic rings. The lowest BCUT2D eigenvalue weighted by Crippen LogP contribution is -2.31. The summed E-state index contributed by atoms with van der Waals surface area (Å²) in [6, 6.07) is 42.8. The molecular formula is C87H72N12O8+4. The molecule has 107 heavy (non-hydrogen) atoms. The molecule has 0 amide bonds. The molecule has 16 aromatic heterocycles. The average molecular weight is 1410 g/mol. The third-order valence-electron chi connectivity index (χ3n) is 20.2. The molecule has 524 valence electrons. The summed E-state index contributed by atoms with van der Waals surface area (Å²) in [6.07, 6.45) is 17.4. The maximum Gasteiger partial charge on any atom is 0.334 e. The predicted molar refractivity (Wildman–Crippen MR) is 412 cm³/mol. The van der Waals surface area contributed by atoms with Crippen molar-refractivity contribution in [3.8, 4) is 51.1 Å². The second-order valence-corrected chi connectivity index (χ2v) is 27.8. The van der Waals surface area contributed by atoms with Gasteiger partial charge in [0, 0.05) is 34.9 Å². The number of benzene rings is 5. The number of aryl methyl sites for hydroxylation is 14. The van der Waals surface area contributed by atoms with E-state index >= 15 is 0 Å². The zero-order valence-corrected chi connectivity index (χ0v) is 61.5. The van der Waals surface area contributed by atoms with Crippen molar-refractivity contribution >= 4 is 133 Å². The van der Waals surface area contributed by atoms with Crippen molar-refractivity contribution in [3.05, 3.63) is 239 Å². The summed E-state index contributed by atoms with van der Waals surface area (Å²) in [4.78, 5) is 31.2. The number of nitrogens with zero attached hydrogens (tertiary/aromatic N) is 12. The fourth-order valence-electron chi connectivity index (χ4n) is 14.8. The fourth-order valence-corrected chi connectivity index (χ4v) is 14.8. The molecule has 0 saturated heterocycles. The van der Waals surface area contributed by atoms with Gasteiger partial charge in [-0.05, 0) is 198 Å². The Hall–Kier alpha value is -13.5. The number of aromatic nitrogens is 12. The Morgan fingerprint density at radius 2 is 0.738 bits per heavy atom. The van der Waals surface area contributed by atoms with Crippen LogP contribution in [-0.2, 0) is 28.2 Å². The summed E-state index contributed by atoms with van der Waals surface area (Å²) in [5, 5.41) is 7.44. The first-order valence-electron chi connectivity index (χ1n) is 35.3. The highest BCUT2D eigenvalue weighted by molar-refractivity contribution is 6.17. The molecule has 0 fully saturated rings. The third-order valence-corrected chi connectivity index (χ3v) is 20.2. The molecule has 0 aliphatic heterocycles. The quantitative estimate of drug-likeness (QED) is 0.146. The van der Waals surface area contributed by atoms with Gasteiger partial charge in [-0.15, -0.1) is 0 Å². The van der Waals surface area contributed by atoms with E-state index in [4.69, 9.17) is 35.3 Å². The van der Waals surface area contributed by atoms with Crippen molar-refractivity contribution in [2.45, 2.75) is 69.2 Å². The topological polar surface area (TPSA) is 216 Å². The van der Waals surface area contributed by atoms with Crippen molar-refractivity contribution in [1.82, 2.24) is 39.5 Å². The molecule has 0 spiro atoms. The zero-order chi connectivity index (χ0) is 73.5. The fraction of sp³-hybridized carbons (Fsp3) is 0.161.